The maximum absolute atomic E-state index is 12.3. The minimum absolute atomic E-state index is 0.0392. The molecule has 33 heavy (non-hydrogen) atoms. The van der Waals surface area contributed by atoms with Gasteiger partial charge in [-0.3, -0.25) is 4.79 Å². The summed E-state index contributed by atoms with van der Waals surface area (Å²) >= 11 is 1.19. The van der Waals surface area contributed by atoms with Crippen molar-refractivity contribution in [2.75, 3.05) is 6.54 Å². The fourth-order valence-electron chi connectivity index (χ4n) is 3.56. The highest BCUT2D eigenvalue weighted by Crippen LogP contribution is 2.23. The molecule has 0 radical (unpaired) electrons. The third-order valence-corrected chi connectivity index (χ3v) is 6.50. The van der Waals surface area contributed by atoms with E-state index >= 15 is 0 Å². The topological polar surface area (TPSA) is 87.0 Å². The van der Waals surface area contributed by atoms with Crippen molar-refractivity contribution in [1.82, 2.24) is 4.90 Å². The molecule has 3 atom stereocenters. The Bertz CT molecular complexity index is 1090. The second-order valence-corrected chi connectivity index (χ2v) is 9.01. The van der Waals surface area contributed by atoms with Gasteiger partial charge in [-0.05, 0) is 42.7 Å². The molecule has 1 aliphatic heterocycles. The van der Waals surface area contributed by atoms with Crippen LogP contribution in [0.15, 0.2) is 65.9 Å². The van der Waals surface area contributed by atoms with Crippen LogP contribution in [0.25, 0.3) is 6.08 Å². The number of nitroso groups, excluding NO2 is 1. The summed E-state index contributed by atoms with van der Waals surface area (Å²) in [7, 11) is 0. The van der Waals surface area contributed by atoms with Crippen LogP contribution in [0.5, 0.6) is 0 Å². The Labute approximate surface area is 197 Å². The zero-order valence-electron chi connectivity index (χ0n) is 18.4. The first kappa shape index (κ1) is 24.1. The van der Waals surface area contributed by atoms with E-state index in [2.05, 4.69) is 17.0 Å². The van der Waals surface area contributed by atoms with Gasteiger partial charge in [0.05, 0.1) is 6.04 Å². The molecule has 3 rings (SSSR count). The Morgan fingerprint density at radius 2 is 2.09 bits per heavy atom. The van der Waals surface area contributed by atoms with Crippen LogP contribution in [0.2, 0.25) is 0 Å². The predicted molar refractivity (Wildman–Crippen MR) is 131 cm³/mol. The number of carbonyl (C=O) groups excluding carboxylic acids is 1. The molecular formula is C26H26N2O4S. The summed E-state index contributed by atoms with van der Waals surface area (Å²) in [5.74, 6) is 5.29. The molecule has 1 N–H and O–H groups in total. The molecule has 2 aromatic rings. The molecule has 1 fully saturated rings. The van der Waals surface area contributed by atoms with Gasteiger partial charge in [0.1, 0.15) is 10.9 Å². The number of benzene rings is 1. The summed E-state index contributed by atoms with van der Waals surface area (Å²) in [4.78, 5) is 37.6. The quantitative estimate of drug-likeness (QED) is 0.314. The lowest BCUT2D eigenvalue weighted by molar-refractivity contribution is -0.127. The van der Waals surface area contributed by atoms with Crippen molar-refractivity contribution in [3.63, 3.8) is 0 Å². The number of carboxylic acids is 1. The number of nitrogens with zero attached hydrogens (tertiary/aromatic N) is 2. The van der Waals surface area contributed by atoms with Gasteiger partial charge in [0.25, 0.3) is 0 Å². The number of hydrogen-bond donors (Lipinski definition) is 1. The number of carboxylic acid groups (broad SMARTS) is 1. The first-order chi connectivity index (χ1) is 16.0. The number of likely N-dealkylation sites (tertiary alicyclic amines) is 1. The van der Waals surface area contributed by atoms with Gasteiger partial charge >= 0.3 is 5.97 Å². The van der Waals surface area contributed by atoms with Crippen LogP contribution >= 0.6 is 11.3 Å². The summed E-state index contributed by atoms with van der Waals surface area (Å²) in [5, 5.41) is 12.3. The highest BCUT2D eigenvalue weighted by molar-refractivity contribution is 7.14. The van der Waals surface area contributed by atoms with E-state index in [0.29, 0.717) is 25.8 Å². The standard InChI is InChI=1S/C26H26N2O4S/c1-19(7-5-10-20-8-3-2-4-9-20)23(27-32)15-12-21-13-17-25(29)28(21)18-6-11-22-14-16-24(33-22)26(30)31/h2-4,6,8-9,11-12,14-16,19,21,23H,7,13,17-18H2,1H3,(H,30,31)/b11-6-,15-12+/t19?,21-,23-/m0/s1. The molecule has 2 heterocycles. The number of aromatic carboxylic acids is 1. The largest absolute Gasteiger partial charge is 0.477 e. The van der Waals surface area contributed by atoms with E-state index in [4.69, 9.17) is 5.11 Å². The zero-order chi connectivity index (χ0) is 23.6. The molecule has 1 aromatic carbocycles. The van der Waals surface area contributed by atoms with E-state index in [1.807, 2.05) is 55.5 Å². The molecule has 1 aromatic heterocycles. The Morgan fingerprint density at radius 3 is 2.79 bits per heavy atom. The average molecular weight is 463 g/mol. The van der Waals surface area contributed by atoms with Crippen LogP contribution in [0, 0.1) is 22.7 Å². The molecule has 0 aliphatic carbocycles. The first-order valence-corrected chi connectivity index (χ1v) is 11.6. The van der Waals surface area contributed by atoms with Gasteiger partial charge in [-0.25, -0.2) is 4.79 Å². The van der Waals surface area contributed by atoms with Crippen LogP contribution in [0.4, 0.5) is 0 Å². The molecule has 1 aliphatic rings. The van der Waals surface area contributed by atoms with E-state index in [1.54, 1.807) is 23.1 Å². The summed E-state index contributed by atoms with van der Waals surface area (Å²) in [6, 6.07) is 12.4. The van der Waals surface area contributed by atoms with Crippen LogP contribution in [0.3, 0.4) is 0 Å². The zero-order valence-corrected chi connectivity index (χ0v) is 19.2. The summed E-state index contributed by atoms with van der Waals surface area (Å²) in [6.07, 6.45) is 9.08. The lowest BCUT2D eigenvalue weighted by Gasteiger charge is -2.21. The Hall–Kier alpha value is -3.50. The highest BCUT2D eigenvalue weighted by atomic mass is 32.1. The van der Waals surface area contributed by atoms with Crippen molar-refractivity contribution in [1.29, 1.82) is 0 Å². The third-order valence-electron chi connectivity index (χ3n) is 5.46. The molecule has 6 nitrogen and oxygen atoms in total. The van der Waals surface area contributed by atoms with Crippen molar-refractivity contribution in [2.45, 2.75) is 38.3 Å². The van der Waals surface area contributed by atoms with Gasteiger partial charge < -0.3 is 10.0 Å². The van der Waals surface area contributed by atoms with Crippen molar-refractivity contribution >= 4 is 29.3 Å². The molecular weight excluding hydrogens is 436 g/mol. The molecule has 1 unspecified atom stereocenters. The van der Waals surface area contributed by atoms with Crippen molar-refractivity contribution in [3.05, 3.63) is 80.9 Å². The maximum Gasteiger partial charge on any atom is 0.345 e. The van der Waals surface area contributed by atoms with Gasteiger partial charge in [-0.1, -0.05) is 60.4 Å². The second-order valence-electron chi connectivity index (χ2n) is 7.89. The second kappa shape index (κ2) is 11.9. The number of hydrogen-bond acceptors (Lipinski definition) is 5. The van der Waals surface area contributed by atoms with Crippen LogP contribution in [0.1, 0.15) is 46.3 Å². The molecule has 7 heteroatoms. The minimum Gasteiger partial charge on any atom is -0.477 e. The van der Waals surface area contributed by atoms with E-state index in [0.717, 1.165) is 10.4 Å². The van der Waals surface area contributed by atoms with Crippen molar-refractivity contribution in [2.24, 2.45) is 11.1 Å². The SMILES string of the molecule is CC(CC#Cc1ccccc1)[C@H](/C=C/[C@H]1CCC(=O)N1C/C=C\c1ccc(C(=O)O)s1)N=O. The van der Waals surface area contributed by atoms with E-state index < -0.39 is 12.0 Å². The minimum atomic E-state index is -0.946. The Balaban J connectivity index is 1.57. The molecule has 0 spiro atoms. The van der Waals surface area contributed by atoms with E-state index in [1.165, 1.54) is 11.3 Å². The number of carbonyl (C=O) groups is 2. The first-order valence-electron chi connectivity index (χ1n) is 10.8. The van der Waals surface area contributed by atoms with Gasteiger partial charge in [0.15, 0.2) is 0 Å². The predicted octanol–water partition coefficient (Wildman–Crippen LogP) is 5.22. The molecule has 1 saturated heterocycles. The third kappa shape index (κ3) is 6.99. The smallest absolute Gasteiger partial charge is 0.345 e. The van der Waals surface area contributed by atoms with Gasteiger partial charge in [0.2, 0.25) is 5.91 Å². The Morgan fingerprint density at radius 1 is 1.30 bits per heavy atom. The Kier molecular flexibility index (Phi) is 8.73. The van der Waals surface area contributed by atoms with Crippen molar-refractivity contribution < 1.29 is 14.7 Å². The molecule has 1 amide bonds. The highest BCUT2D eigenvalue weighted by Gasteiger charge is 2.28. The van der Waals surface area contributed by atoms with Gasteiger partial charge in [0, 0.05) is 29.8 Å². The monoisotopic (exact) mass is 462 g/mol. The lowest BCUT2D eigenvalue weighted by atomic mass is 9.97. The fourth-order valence-corrected chi connectivity index (χ4v) is 4.34. The van der Waals surface area contributed by atoms with Crippen molar-refractivity contribution in [3.8, 4) is 11.8 Å². The van der Waals surface area contributed by atoms with Gasteiger partial charge in [-0.2, -0.15) is 4.91 Å². The number of rotatable bonds is 9. The summed E-state index contributed by atoms with van der Waals surface area (Å²) in [5.41, 5.74) is 0.936. The summed E-state index contributed by atoms with van der Waals surface area (Å²) < 4.78 is 0. The van der Waals surface area contributed by atoms with E-state index in [9.17, 15) is 14.5 Å². The van der Waals surface area contributed by atoms with Crippen LogP contribution < -0.4 is 0 Å². The molecule has 0 saturated carbocycles. The lowest BCUT2D eigenvalue weighted by Crippen LogP contribution is -2.32. The molecule has 170 valence electrons. The van der Waals surface area contributed by atoms with Gasteiger partial charge in [-0.15, -0.1) is 11.3 Å². The number of thiophene rings is 1. The van der Waals surface area contributed by atoms with E-state index in [-0.39, 0.29) is 22.7 Å². The maximum atomic E-state index is 12.3. The average Bonchev–Trinajstić information content (AvgIpc) is 3.42. The number of amides is 1. The summed E-state index contributed by atoms with van der Waals surface area (Å²) in [6.45, 7) is 2.37. The van der Waals surface area contributed by atoms with Crippen LogP contribution in [-0.4, -0.2) is 40.5 Å². The molecule has 0 bridgehead atoms. The fraction of sp³-hybridized carbons (Fsp3) is 0.308. The normalized spacial score (nSPS) is 17.8. The van der Waals surface area contributed by atoms with Crippen LogP contribution in [-0.2, 0) is 4.79 Å².